The third kappa shape index (κ3) is 2.97. The van der Waals surface area contributed by atoms with E-state index in [0.717, 1.165) is 23.2 Å². The molecule has 2 aromatic carbocycles. The van der Waals surface area contributed by atoms with Gasteiger partial charge in [0.2, 0.25) is 0 Å². The highest BCUT2D eigenvalue weighted by atomic mass is 16.5. The molecule has 1 aliphatic heterocycles. The van der Waals surface area contributed by atoms with Crippen molar-refractivity contribution < 1.29 is 9.53 Å². The van der Waals surface area contributed by atoms with Crippen LogP contribution in [0.15, 0.2) is 59.4 Å². The molecule has 0 bridgehead atoms. The van der Waals surface area contributed by atoms with Crippen molar-refractivity contribution in [2.24, 2.45) is 0 Å². The molecule has 0 radical (unpaired) electrons. The largest absolute Gasteiger partial charge is 0.494 e. The van der Waals surface area contributed by atoms with E-state index in [9.17, 15) is 9.59 Å². The van der Waals surface area contributed by atoms with Crippen molar-refractivity contribution in [1.82, 2.24) is 9.78 Å². The summed E-state index contributed by atoms with van der Waals surface area (Å²) in [5, 5.41) is 4.38. The minimum Gasteiger partial charge on any atom is -0.494 e. The predicted molar refractivity (Wildman–Crippen MR) is 108 cm³/mol. The molecule has 4 rings (SSSR count). The molecule has 0 saturated heterocycles. The molecule has 0 unspecified atom stereocenters. The summed E-state index contributed by atoms with van der Waals surface area (Å²) in [7, 11) is 1.44. The van der Waals surface area contributed by atoms with Gasteiger partial charge >= 0.3 is 0 Å². The number of ether oxygens (including phenoxy) is 1. The number of fused-ring (bicyclic) bond motifs is 1. The van der Waals surface area contributed by atoms with Crippen LogP contribution in [0.25, 0.3) is 5.69 Å². The first-order valence-electron chi connectivity index (χ1n) is 9.16. The summed E-state index contributed by atoms with van der Waals surface area (Å²) < 4.78 is 6.55. The van der Waals surface area contributed by atoms with E-state index in [1.54, 1.807) is 17.0 Å². The summed E-state index contributed by atoms with van der Waals surface area (Å²) in [5.74, 6) is -0.106. The number of carbonyl (C=O) groups is 1. The molecule has 1 atom stereocenters. The fourth-order valence-electron chi connectivity index (χ4n) is 3.60. The van der Waals surface area contributed by atoms with E-state index >= 15 is 0 Å². The van der Waals surface area contributed by atoms with Crippen molar-refractivity contribution in [3.05, 3.63) is 81.8 Å². The Labute approximate surface area is 163 Å². The molecular formula is C22H21N3O3. The van der Waals surface area contributed by atoms with Crippen LogP contribution in [0.5, 0.6) is 5.75 Å². The lowest BCUT2D eigenvalue weighted by molar-refractivity contribution is 0.0971. The maximum Gasteiger partial charge on any atom is 0.282 e. The van der Waals surface area contributed by atoms with Gasteiger partial charge in [0.15, 0.2) is 11.4 Å². The van der Waals surface area contributed by atoms with Gasteiger partial charge in [-0.3, -0.25) is 9.59 Å². The Morgan fingerprint density at radius 1 is 1.14 bits per heavy atom. The fourth-order valence-corrected chi connectivity index (χ4v) is 3.60. The van der Waals surface area contributed by atoms with Crippen molar-refractivity contribution in [2.45, 2.75) is 26.3 Å². The first-order valence-corrected chi connectivity index (χ1v) is 9.16. The molecule has 0 spiro atoms. The molecular weight excluding hydrogens is 354 g/mol. The van der Waals surface area contributed by atoms with Gasteiger partial charge in [-0.1, -0.05) is 35.9 Å². The average molecular weight is 375 g/mol. The van der Waals surface area contributed by atoms with E-state index in [4.69, 9.17) is 4.74 Å². The minimum atomic E-state index is -0.355. The molecule has 142 valence electrons. The maximum absolute atomic E-state index is 13.4. The van der Waals surface area contributed by atoms with Crippen LogP contribution in [-0.4, -0.2) is 28.8 Å². The summed E-state index contributed by atoms with van der Waals surface area (Å²) >= 11 is 0. The average Bonchev–Trinajstić information content (AvgIpc) is 3.03. The second-order valence-corrected chi connectivity index (χ2v) is 7.00. The van der Waals surface area contributed by atoms with Gasteiger partial charge < -0.3 is 9.64 Å². The summed E-state index contributed by atoms with van der Waals surface area (Å²) in [5.41, 5.74) is 3.43. The highest BCUT2D eigenvalue weighted by Crippen LogP contribution is 2.33. The molecule has 28 heavy (non-hydrogen) atoms. The monoisotopic (exact) mass is 375 g/mol. The van der Waals surface area contributed by atoms with Crippen LogP contribution in [0.4, 0.5) is 5.69 Å². The Morgan fingerprint density at radius 2 is 1.86 bits per heavy atom. The number of amides is 1. The Kier molecular flexibility index (Phi) is 4.47. The number of methoxy groups -OCH3 is 1. The van der Waals surface area contributed by atoms with E-state index in [0.29, 0.717) is 5.69 Å². The third-order valence-corrected chi connectivity index (χ3v) is 5.02. The first kappa shape index (κ1) is 18.0. The van der Waals surface area contributed by atoms with Crippen LogP contribution in [0.2, 0.25) is 0 Å². The third-order valence-electron chi connectivity index (χ3n) is 5.02. The summed E-state index contributed by atoms with van der Waals surface area (Å²) in [6.45, 7) is 3.97. The molecule has 0 aliphatic carbocycles. The Morgan fingerprint density at radius 3 is 2.57 bits per heavy atom. The lowest BCUT2D eigenvalue weighted by Gasteiger charge is -2.23. The topological polar surface area (TPSA) is 64.4 Å². The molecule has 1 aromatic heterocycles. The van der Waals surface area contributed by atoms with Crippen molar-refractivity contribution >= 4 is 11.6 Å². The highest BCUT2D eigenvalue weighted by Gasteiger charge is 2.34. The highest BCUT2D eigenvalue weighted by molar-refractivity contribution is 6.08. The number of hydrogen-bond donors (Lipinski definition) is 0. The molecule has 2 heterocycles. The standard InChI is InChI=1S/C22H21N3O3/c1-14-8-10-17(11-9-14)25-20(26)13-19(28-3)21(23-25)22(27)24-15(2)12-16-6-4-5-7-18(16)24/h4-11,13,15H,12H2,1-3H3/t15-/m1/s1. The lowest BCUT2D eigenvalue weighted by atomic mass is 10.1. The minimum absolute atomic E-state index is 0.00356. The second-order valence-electron chi connectivity index (χ2n) is 7.00. The van der Waals surface area contributed by atoms with Crippen LogP contribution in [0.3, 0.4) is 0 Å². The predicted octanol–water partition coefficient (Wildman–Crippen LogP) is 3.14. The molecule has 6 heteroatoms. The Bertz CT molecular complexity index is 1100. The second kappa shape index (κ2) is 6.96. The molecule has 0 fully saturated rings. The lowest BCUT2D eigenvalue weighted by Crippen LogP contribution is -2.38. The number of hydrogen-bond acceptors (Lipinski definition) is 4. The number of carbonyl (C=O) groups excluding carboxylic acids is 1. The van der Waals surface area contributed by atoms with E-state index in [2.05, 4.69) is 5.10 Å². The molecule has 1 amide bonds. The van der Waals surface area contributed by atoms with Crippen LogP contribution in [0.1, 0.15) is 28.5 Å². The quantitative estimate of drug-likeness (QED) is 0.705. The Balaban J connectivity index is 1.83. The zero-order chi connectivity index (χ0) is 19.8. The van der Waals surface area contributed by atoms with Gasteiger partial charge in [-0.05, 0) is 44.0 Å². The number of benzene rings is 2. The fraction of sp³-hybridized carbons (Fsp3) is 0.227. The molecule has 1 aliphatic rings. The van der Waals surface area contributed by atoms with Crippen LogP contribution < -0.4 is 15.2 Å². The van der Waals surface area contributed by atoms with Gasteiger partial charge in [0.05, 0.1) is 18.9 Å². The van der Waals surface area contributed by atoms with Gasteiger partial charge in [-0.15, -0.1) is 0 Å². The number of aryl methyl sites for hydroxylation is 1. The molecule has 6 nitrogen and oxygen atoms in total. The smallest absolute Gasteiger partial charge is 0.282 e. The van der Waals surface area contributed by atoms with Crippen LogP contribution in [-0.2, 0) is 6.42 Å². The molecule has 3 aromatic rings. The summed E-state index contributed by atoms with van der Waals surface area (Å²) in [6.07, 6.45) is 0.780. The molecule has 0 N–H and O–H groups in total. The number of nitrogens with zero attached hydrogens (tertiary/aromatic N) is 3. The SMILES string of the molecule is COc1cc(=O)n(-c2ccc(C)cc2)nc1C(=O)N1c2ccccc2C[C@H]1C. The van der Waals surface area contributed by atoms with Gasteiger partial charge in [0, 0.05) is 11.7 Å². The number of anilines is 1. The van der Waals surface area contributed by atoms with Gasteiger partial charge in [0.25, 0.3) is 11.5 Å². The van der Waals surface area contributed by atoms with Crippen molar-refractivity contribution in [1.29, 1.82) is 0 Å². The van der Waals surface area contributed by atoms with E-state index in [1.165, 1.54) is 17.9 Å². The maximum atomic E-state index is 13.4. The van der Waals surface area contributed by atoms with E-state index in [1.807, 2.05) is 50.2 Å². The van der Waals surface area contributed by atoms with Crippen LogP contribution in [0, 0.1) is 6.92 Å². The van der Waals surface area contributed by atoms with Gasteiger partial charge in [0.1, 0.15) is 0 Å². The van der Waals surface area contributed by atoms with Crippen molar-refractivity contribution in [3.63, 3.8) is 0 Å². The first-order chi connectivity index (χ1) is 13.5. The normalized spacial score (nSPS) is 15.4. The van der Waals surface area contributed by atoms with E-state index in [-0.39, 0.29) is 29.0 Å². The van der Waals surface area contributed by atoms with Crippen molar-refractivity contribution in [2.75, 3.05) is 12.0 Å². The zero-order valence-electron chi connectivity index (χ0n) is 16.0. The van der Waals surface area contributed by atoms with Crippen LogP contribution >= 0.6 is 0 Å². The number of rotatable bonds is 3. The summed E-state index contributed by atoms with van der Waals surface area (Å²) in [6, 6.07) is 16.5. The number of aromatic nitrogens is 2. The van der Waals surface area contributed by atoms with E-state index < -0.39 is 0 Å². The van der Waals surface area contributed by atoms with Crippen molar-refractivity contribution in [3.8, 4) is 11.4 Å². The van der Waals surface area contributed by atoms with Gasteiger partial charge in [-0.25, -0.2) is 0 Å². The number of para-hydroxylation sites is 1. The zero-order valence-corrected chi connectivity index (χ0v) is 16.0. The summed E-state index contributed by atoms with van der Waals surface area (Å²) in [4.78, 5) is 27.7. The molecule has 0 saturated carbocycles. The van der Waals surface area contributed by atoms with Gasteiger partial charge in [-0.2, -0.15) is 9.78 Å². The Hall–Kier alpha value is -3.41.